The normalized spacial score (nSPS) is 48.5. The van der Waals surface area contributed by atoms with E-state index in [0.717, 1.165) is 25.9 Å². The quantitative estimate of drug-likeness (QED) is 0.584. The molecule has 2 fully saturated rings. The van der Waals surface area contributed by atoms with Crippen LogP contribution in [0.15, 0.2) is 0 Å². The van der Waals surface area contributed by atoms with Gasteiger partial charge in [0.2, 0.25) is 0 Å². The Balaban J connectivity index is 1.99. The molecule has 2 aliphatic rings. The van der Waals surface area contributed by atoms with Crippen molar-refractivity contribution in [3.05, 3.63) is 0 Å². The lowest BCUT2D eigenvalue weighted by molar-refractivity contribution is -0.196. The van der Waals surface area contributed by atoms with Gasteiger partial charge in [-0.2, -0.15) is 0 Å². The molecule has 3 atom stereocenters. The van der Waals surface area contributed by atoms with Crippen LogP contribution in [-0.4, -0.2) is 36.1 Å². The van der Waals surface area contributed by atoms with E-state index in [1.807, 2.05) is 0 Å². The van der Waals surface area contributed by atoms with Gasteiger partial charge in [0.05, 0.1) is 24.4 Å². The number of aliphatic hydroxyl groups is 1. The molecule has 2 heterocycles. The third-order valence-corrected chi connectivity index (χ3v) is 2.63. The van der Waals surface area contributed by atoms with E-state index in [4.69, 9.17) is 9.47 Å². The van der Waals surface area contributed by atoms with Crippen LogP contribution < -0.4 is 0 Å². The lowest BCUT2D eigenvalue weighted by atomic mass is 9.90. The van der Waals surface area contributed by atoms with Crippen molar-refractivity contribution >= 4 is 0 Å². The highest BCUT2D eigenvalue weighted by atomic mass is 16.6. The number of fused-ring (bicyclic) bond motifs is 1. The highest BCUT2D eigenvalue weighted by Gasteiger charge is 2.39. The molecule has 0 amide bonds. The molecule has 0 aliphatic carbocycles. The maximum Gasteiger partial charge on any atom is 0.0878 e. The maximum atomic E-state index is 9.71. The van der Waals surface area contributed by atoms with Crippen LogP contribution in [0.5, 0.6) is 0 Å². The molecule has 0 aromatic carbocycles. The molecule has 0 bridgehead atoms. The van der Waals surface area contributed by atoms with Crippen LogP contribution in [0, 0.1) is 0 Å². The second kappa shape index (κ2) is 2.98. The van der Waals surface area contributed by atoms with Crippen LogP contribution in [0.4, 0.5) is 0 Å². The molecule has 0 unspecified atom stereocenters. The minimum Gasteiger partial charge on any atom is -0.388 e. The fraction of sp³-hybridized carbons (Fsp3) is 1.00. The number of hydrogen-bond donors (Lipinski definition) is 1. The first kappa shape index (κ1) is 8.48. The van der Waals surface area contributed by atoms with Gasteiger partial charge in [-0.05, 0) is 19.8 Å². The minimum atomic E-state index is -0.682. The highest BCUT2D eigenvalue weighted by Crippen LogP contribution is 2.30. The Hall–Kier alpha value is -0.120. The van der Waals surface area contributed by atoms with E-state index in [1.54, 1.807) is 6.92 Å². The Labute approximate surface area is 72.7 Å². The standard InChI is InChI=1S/C9H16O3/c1-9(10)5-8-7(12-6-9)3-2-4-11-8/h7-8,10H,2-6H2,1H3/t7-,8+,9-/m1/s1. The van der Waals surface area contributed by atoms with Gasteiger partial charge in [-0.3, -0.25) is 0 Å². The predicted molar refractivity (Wildman–Crippen MR) is 44.0 cm³/mol. The Morgan fingerprint density at radius 2 is 2.17 bits per heavy atom. The average molecular weight is 172 g/mol. The van der Waals surface area contributed by atoms with Gasteiger partial charge in [0.1, 0.15) is 0 Å². The van der Waals surface area contributed by atoms with Gasteiger partial charge in [0.15, 0.2) is 0 Å². The van der Waals surface area contributed by atoms with Crippen LogP contribution in [0.3, 0.4) is 0 Å². The third-order valence-electron chi connectivity index (χ3n) is 2.63. The molecule has 12 heavy (non-hydrogen) atoms. The number of ether oxygens (including phenoxy) is 2. The Morgan fingerprint density at radius 1 is 1.33 bits per heavy atom. The van der Waals surface area contributed by atoms with Crippen molar-refractivity contribution < 1.29 is 14.6 Å². The molecule has 0 radical (unpaired) electrons. The second-order valence-corrected chi connectivity index (χ2v) is 4.10. The molecule has 2 aliphatic heterocycles. The fourth-order valence-corrected chi connectivity index (χ4v) is 1.97. The summed E-state index contributed by atoms with van der Waals surface area (Å²) >= 11 is 0. The van der Waals surface area contributed by atoms with Gasteiger partial charge in [0.25, 0.3) is 0 Å². The smallest absolute Gasteiger partial charge is 0.0878 e. The largest absolute Gasteiger partial charge is 0.388 e. The summed E-state index contributed by atoms with van der Waals surface area (Å²) in [7, 11) is 0. The summed E-state index contributed by atoms with van der Waals surface area (Å²) in [4.78, 5) is 0. The van der Waals surface area contributed by atoms with Gasteiger partial charge >= 0.3 is 0 Å². The van der Waals surface area contributed by atoms with E-state index >= 15 is 0 Å². The fourth-order valence-electron chi connectivity index (χ4n) is 1.97. The number of rotatable bonds is 0. The first-order valence-corrected chi connectivity index (χ1v) is 4.63. The van der Waals surface area contributed by atoms with Crippen molar-refractivity contribution in [3.8, 4) is 0 Å². The van der Waals surface area contributed by atoms with Crippen molar-refractivity contribution in [2.45, 2.75) is 44.0 Å². The van der Waals surface area contributed by atoms with Gasteiger partial charge in [-0.25, -0.2) is 0 Å². The van der Waals surface area contributed by atoms with Crippen molar-refractivity contribution in [2.24, 2.45) is 0 Å². The van der Waals surface area contributed by atoms with Crippen molar-refractivity contribution in [1.29, 1.82) is 0 Å². The summed E-state index contributed by atoms with van der Waals surface area (Å²) < 4.78 is 11.1. The van der Waals surface area contributed by atoms with Crippen LogP contribution in [0.1, 0.15) is 26.2 Å². The maximum absolute atomic E-state index is 9.71. The lowest BCUT2D eigenvalue weighted by Gasteiger charge is -2.41. The molecule has 70 valence electrons. The Morgan fingerprint density at radius 3 is 3.00 bits per heavy atom. The van der Waals surface area contributed by atoms with Gasteiger partial charge in [0, 0.05) is 13.0 Å². The Bertz CT molecular complexity index is 167. The predicted octanol–water partition coefficient (Wildman–Crippen LogP) is 0.705. The van der Waals surface area contributed by atoms with E-state index in [-0.39, 0.29) is 12.2 Å². The SMILES string of the molecule is C[C@]1(O)CO[C@@H]2CCCO[C@H]2C1. The topological polar surface area (TPSA) is 38.7 Å². The molecular formula is C9H16O3. The molecule has 0 saturated carbocycles. The zero-order valence-corrected chi connectivity index (χ0v) is 7.45. The zero-order valence-electron chi connectivity index (χ0n) is 7.45. The third kappa shape index (κ3) is 1.63. The van der Waals surface area contributed by atoms with Gasteiger partial charge in [-0.1, -0.05) is 0 Å². The van der Waals surface area contributed by atoms with Crippen molar-refractivity contribution in [3.63, 3.8) is 0 Å². The summed E-state index contributed by atoms with van der Waals surface area (Å²) in [6.07, 6.45) is 3.25. The first-order chi connectivity index (χ1) is 5.67. The average Bonchev–Trinajstić information content (AvgIpc) is 2.02. The summed E-state index contributed by atoms with van der Waals surface area (Å²) in [5.41, 5.74) is -0.682. The van der Waals surface area contributed by atoms with E-state index < -0.39 is 5.60 Å². The molecule has 0 spiro atoms. The van der Waals surface area contributed by atoms with E-state index in [0.29, 0.717) is 6.61 Å². The Kier molecular flexibility index (Phi) is 2.10. The molecule has 3 heteroatoms. The molecule has 0 aromatic rings. The van der Waals surface area contributed by atoms with E-state index in [9.17, 15) is 5.11 Å². The van der Waals surface area contributed by atoms with Crippen LogP contribution in [-0.2, 0) is 9.47 Å². The molecule has 2 saturated heterocycles. The lowest BCUT2D eigenvalue weighted by Crippen LogP contribution is -2.50. The summed E-state index contributed by atoms with van der Waals surface area (Å²) in [6.45, 7) is 3.08. The van der Waals surface area contributed by atoms with Crippen molar-refractivity contribution in [2.75, 3.05) is 13.2 Å². The van der Waals surface area contributed by atoms with Crippen molar-refractivity contribution in [1.82, 2.24) is 0 Å². The van der Waals surface area contributed by atoms with Crippen LogP contribution in [0.25, 0.3) is 0 Å². The molecule has 1 N–H and O–H groups in total. The van der Waals surface area contributed by atoms with Gasteiger partial charge in [-0.15, -0.1) is 0 Å². The summed E-state index contributed by atoms with van der Waals surface area (Å²) in [6, 6.07) is 0. The minimum absolute atomic E-state index is 0.127. The van der Waals surface area contributed by atoms with Crippen LogP contribution >= 0.6 is 0 Å². The van der Waals surface area contributed by atoms with E-state index in [2.05, 4.69) is 0 Å². The summed E-state index contributed by atoms with van der Waals surface area (Å²) in [5, 5.41) is 9.71. The first-order valence-electron chi connectivity index (χ1n) is 4.63. The highest BCUT2D eigenvalue weighted by molar-refractivity contribution is 4.88. The zero-order chi connectivity index (χ0) is 8.60. The number of hydrogen-bond acceptors (Lipinski definition) is 3. The second-order valence-electron chi connectivity index (χ2n) is 4.10. The van der Waals surface area contributed by atoms with Gasteiger partial charge < -0.3 is 14.6 Å². The molecule has 0 aromatic heterocycles. The molecule has 3 nitrogen and oxygen atoms in total. The van der Waals surface area contributed by atoms with Crippen LogP contribution in [0.2, 0.25) is 0 Å². The molecule has 2 rings (SSSR count). The monoisotopic (exact) mass is 172 g/mol. The molecular weight excluding hydrogens is 156 g/mol. The summed E-state index contributed by atoms with van der Waals surface area (Å²) in [5.74, 6) is 0. The van der Waals surface area contributed by atoms with E-state index in [1.165, 1.54) is 0 Å².